The van der Waals surface area contributed by atoms with Gasteiger partial charge in [-0.3, -0.25) is 0 Å². The summed E-state index contributed by atoms with van der Waals surface area (Å²) in [5.41, 5.74) is 0.700. The minimum absolute atomic E-state index is 0.241. The summed E-state index contributed by atoms with van der Waals surface area (Å²) in [6.07, 6.45) is 6.46. The van der Waals surface area contributed by atoms with E-state index in [-0.39, 0.29) is 5.82 Å². The van der Waals surface area contributed by atoms with Crippen LogP contribution in [0.15, 0.2) is 12.5 Å². The fraction of sp³-hybridized carbons (Fsp3) is 0.538. The minimum Gasteiger partial charge on any atom is -0.372 e. The maximum Gasteiger partial charge on any atom is 0.154 e. The van der Waals surface area contributed by atoms with Gasteiger partial charge in [0.1, 0.15) is 17.8 Å². The van der Waals surface area contributed by atoms with E-state index >= 15 is 0 Å². The van der Waals surface area contributed by atoms with Gasteiger partial charge in [0.15, 0.2) is 5.82 Å². The standard InChI is InChI=1S/C13H17FN4/c1-8-3-4-9(5-8)18-6-10(14)11-12(15-2)16-7-17-13(11)18/h6-9H,3-5H2,1-2H3,(H,15,16,17). The van der Waals surface area contributed by atoms with Gasteiger partial charge in [-0.2, -0.15) is 0 Å². The fourth-order valence-electron chi connectivity index (χ4n) is 2.94. The smallest absolute Gasteiger partial charge is 0.154 e. The molecule has 1 saturated carbocycles. The molecule has 0 spiro atoms. The van der Waals surface area contributed by atoms with Crippen molar-refractivity contribution in [2.75, 3.05) is 12.4 Å². The number of hydrogen-bond donors (Lipinski definition) is 1. The third kappa shape index (κ3) is 1.65. The highest BCUT2D eigenvalue weighted by Gasteiger charge is 2.26. The molecule has 2 heterocycles. The van der Waals surface area contributed by atoms with E-state index < -0.39 is 0 Å². The zero-order valence-electron chi connectivity index (χ0n) is 10.7. The molecule has 2 aromatic rings. The van der Waals surface area contributed by atoms with Crippen molar-refractivity contribution in [3.8, 4) is 0 Å². The Hall–Kier alpha value is -1.65. The molecule has 0 radical (unpaired) electrons. The highest BCUT2D eigenvalue weighted by atomic mass is 19.1. The summed E-state index contributed by atoms with van der Waals surface area (Å²) < 4.78 is 16.0. The Morgan fingerprint density at radius 1 is 1.39 bits per heavy atom. The van der Waals surface area contributed by atoms with E-state index in [2.05, 4.69) is 22.2 Å². The minimum atomic E-state index is -0.241. The van der Waals surface area contributed by atoms with Gasteiger partial charge in [0, 0.05) is 19.3 Å². The summed E-state index contributed by atoms with van der Waals surface area (Å²) in [5.74, 6) is 1.03. The monoisotopic (exact) mass is 248 g/mol. The lowest BCUT2D eigenvalue weighted by molar-refractivity contribution is 0.497. The molecule has 1 aliphatic rings. The van der Waals surface area contributed by atoms with Gasteiger partial charge >= 0.3 is 0 Å². The first-order chi connectivity index (χ1) is 8.70. The molecule has 1 aliphatic carbocycles. The lowest BCUT2D eigenvalue weighted by atomic mass is 10.1. The molecule has 1 N–H and O–H groups in total. The summed E-state index contributed by atoms with van der Waals surface area (Å²) in [6, 6.07) is 0.367. The predicted octanol–water partition coefficient (Wildman–Crippen LogP) is 2.97. The average Bonchev–Trinajstić information content (AvgIpc) is 2.94. The number of anilines is 1. The summed E-state index contributed by atoms with van der Waals surface area (Å²) in [4.78, 5) is 8.32. The van der Waals surface area contributed by atoms with Crippen LogP contribution in [0.2, 0.25) is 0 Å². The van der Waals surface area contributed by atoms with Crippen LogP contribution in [-0.4, -0.2) is 21.6 Å². The zero-order valence-corrected chi connectivity index (χ0v) is 10.7. The van der Waals surface area contributed by atoms with E-state index in [1.165, 1.54) is 12.7 Å². The van der Waals surface area contributed by atoms with Gasteiger partial charge in [0.05, 0.1) is 5.39 Å². The second-order valence-corrected chi connectivity index (χ2v) is 5.13. The number of rotatable bonds is 2. The van der Waals surface area contributed by atoms with Crippen LogP contribution in [0.25, 0.3) is 11.0 Å². The Morgan fingerprint density at radius 3 is 2.89 bits per heavy atom. The lowest BCUT2D eigenvalue weighted by Gasteiger charge is -2.12. The van der Waals surface area contributed by atoms with Gasteiger partial charge in [-0.1, -0.05) is 6.92 Å². The van der Waals surface area contributed by atoms with Crippen LogP contribution < -0.4 is 5.32 Å². The lowest BCUT2D eigenvalue weighted by Crippen LogP contribution is -2.05. The van der Waals surface area contributed by atoms with E-state index in [0.717, 1.165) is 12.8 Å². The average molecular weight is 248 g/mol. The van der Waals surface area contributed by atoms with E-state index in [1.807, 2.05) is 4.57 Å². The van der Waals surface area contributed by atoms with Crippen LogP contribution in [0.3, 0.4) is 0 Å². The van der Waals surface area contributed by atoms with E-state index in [0.29, 0.717) is 28.8 Å². The third-order valence-corrected chi connectivity index (χ3v) is 3.86. The molecule has 2 unspecified atom stereocenters. The van der Waals surface area contributed by atoms with Crippen LogP contribution in [-0.2, 0) is 0 Å². The molecule has 0 amide bonds. The van der Waals surface area contributed by atoms with Crippen molar-refractivity contribution in [3.63, 3.8) is 0 Å². The van der Waals surface area contributed by atoms with Crippen LogP contribution in [0.5, 0.6) is 0 Å². The molecular formula is C13H17FN4. The van der Waals surface area contributed by atoms with Crippen molar-refractivity contribution in [1.29, 1.82) is 0 Å². The largest absolute Gasteiger partial charge is 0.372 e. The number of hydrogen-bond acceptors (Lipinski definition) is 3. The van der Waals surface area contributed by atoms with Crippen molar-refractivity contribution in [1.82, 2.24) is 14.5 Å². The van der Waals surface area contributed by atoms with Crippen molar-refractivity contribution in [2.45, 2.75) is 32.2 Å². The van der Waals surface area contributed by atoms with Crippen LogP contribution in [0.4, 0.5) is 10.2 Å². The summed E-state index contributed by atoms with van der Waals surface area (Å²) in [7, 11) is 1.75. The molecule has 0 saturated heterocycles. The highest BCUT2D eigenvalue weighted by molar-refractivity contribution is 5.88. The van der Waals surface area contributed by atoms with Crippen LogP contribution in [0, 0.1) is 11.7 Å². The highest BCUT2D eigenvalue weighted by Crippen LogP contribution is 2.37. The first-order valence-electron chi connectivity index (χ1n) is 6.39. The van der Waals surface area contributed by atoms with Crippen LogP contribution >= 0.6 is 0 Å². The van der Waals surface area contributed by atoms with Gasteiger partial charge in [-0.25, -0.2) is 14.4 Å². The van der Waals surface area contributed by atoms with Gasteiger partial charge < -0.3 is 9.88 Å². The Bertz CT molecular complexity index is 578. The fourth-order valence-corrected chi connectivity index (χ4v) is 2.94. The van der Waals surface area contributed by atoms with Crippen molar-refractivity contribution in [3.05, 3.63) is 18.3 Å². The van der Waals surface area contributed by atoms with Gasteiger partial charge in [0.25, 0.3) is 0 Å². The van der Waals surface area contributed by atoms with E-state index in [4.69, 9.17) is 0 Å². The summed E-state index contributed by atoms with van der Waals surface area (Å²) in [5, 5.41) is 3.42. The normalized spacial score (nSPS) is 23.7. The van der Waals surface area contributed by atoms with Gasteiger partial charge in [0.2, 0.25) is 0 Å². The molecule has 0 aromatic carbocycles. The molecule has 1 fully saturated rings. The van der Waals surface area contributed by atoms with E-state index in [9.17, 15) is 4.39 Å². The van der Waals surface area contributed by atoms with Crippen LogP contribution in [0.1, 0.15) is 32.2 Å². The molecule has 2 atom stereocenters. The molecule has 18 heavy (non-hydrogen) atoms. The Labute approximate surface area is 105 Å². The molecule has 0 bridgehead atoms. The van der Waals surface area contributed by atoms with Crippen molar-refractivity contribution < 1.29 is 4.39 Å². The predicted molar refractivity (Wildman–Crippen MR) is 69.1 cm³/mol. The zero-order chi connectivity index (χ0) is 12.7. The topological polar surface area (TPSA) is 42.7 Å². The maximum absolute atomic E-state index is 14.1. The number of nitrogens with one attached hydrogen (secondary N) is 1. The Kier molecular flexibility index (Phi) is 2.69. The molecule has 0 aliphatic heterocycles. The molecule has 4 nitrogen and oxygen atoms in total. The second kappa shape index (κ2) is 4.23. The first-order valence-corrected chi connectivity index (χ1v) is 6.39. The Morgan fingerprint density at radius 2 is 2.22 bits per heavy atom. The quantitative estimate of drug-likeness (QED) is 0.888. The van der Waals surface area contributed by atoms with Crippen molar-refractivity contribution in [2.24, 2.45) is 5.92 Å². The molecular weight excluding hydrogens is 231 g/mol. The second-order valence-electron chi connectivity index (χ2n) is 5.13. The summed E-state index contributed by atoms with van der Waals surface area (Å²) in [6.45, 7) is 2.25. The maximum atomic E-state index is 14.1. The third-order valence-electron chi connectivity index (χ3n) is 3.86. The number of fused-ring (bicyclic) bond motifs is 1. The molecule has 3 rings (SSSR count). The number of halogens is 1. The Balaban J connectivity index is 2.14. The molecule has 2 aromatic heterocycles. The van der Waals surface area contributed by atoms with E-state index in [1.54, 1.807) is 13.2 Å². The van der Waals surface area contributed by atoms with Gasteiger partial charge in [-0.05, 0) is 25.2 Å². The SMILES string of the molecule is CNc1ncnc2c1c(F)cn2C1CCC(C)C1. The van der Waals surface area contributed by atoms with Crippen molar-refractivity contribution >= 4 is 16.9 Å². The number of aromatic nitrogens is 3. The number of nitrogens with zero attached hydrogens (tertiary/aromatic N) is 3. The summed E-state index contributed by atoms with van der Waals surface area (Å²) >= 11 is 0. The van der Waals surface area contributed by atoms with Gasteiger partial charge in [-0.15, -0.1) is 0 Å². The molecule has 96 valence electrons. The molecule has 5 heteroatoms. The first kappa shape index (κ1) is 11.4.